The lowest BCUT2D eigenvalue weighted by Gasteiger charge is -2.36. The molecule has 118 valence electrons. The summed E-state index contributed by atoms with van der Waals surface area (Å²) in [5.41, 5.74) is 1.91. The van der Waals surface area contributed by atoms with Crippen LogP contribution in [0.3, 0.4) is 0 Å². The van der Waals surface area contributed by atoms with Crippen LogP contribution < -0.4 is 5.32 Å². The van der Waals surface area contributed by atoms with Crippen molar-refractivity contribution in [2.75, 3.05) is 7.05 Å². The van der Waals surface area contributed by atoms with Crippen molar-refractivity contribution in [3.63, 3.8) is 0 Å². The fraction of sp³-hybridized carbons (Fsp3) is 0.833. The first-order valence-electron chi connectivity index (χ1n) is 8.63. The Hall–Kier alpha value is -0.410. The third kappa shape index (κ3) is 3.50. The van der Waals surface area contributed by atoms with Gasteiger partial charge in [0, 0.05) is 23.3 Å². The number of nitrogens with one attached hydrogen (secondary N) is 1. The highest BCUT2D eigenvalue weighted by Gasteiger charge is 2.34. The Morgan fingerprint density at radius 2 is 1.67 bits per heavy atom. The molecule has 0 aromatic carbocycles. The Kier molecular flexibility index (Phi) is 4.42. The molecule has 0 amide bonds. The molecule has 1 N–H and O–H groups in total. The first kappa shape index (κ1) is 15.5. The van der Waals surface area contributed by atoms with E-state index in [1.807, 2.05) is 18.4 Å². The maximum absolute atomic E-state index is 5.08. The Morgan fingerprint density at radius 1 is 1.05 bits per heavy atom. The molecule has 0 bridgehead atoms. The summed E-state index contributed by atoms with van der Waals surface area (Å²) in [5.74, 6) is 2.41. The van der Waals surface area contributed by atoms with Gasteiger partial charge in [0.2, 0.25) is 0 Å². The van der Waals surface area contributed by atoms with Gasteiger partial charge in [-0.1, -0.05) is 20.8 Å². The highest BCUT2D eigenvalue weighted by atomic mass is 32.1. The molecule has 2 fully saturated rings. The minimum Gasteiger partial charge on any atom is -0.315 e. The molecule has 2 nitrogen and oxygen atoms in total. The van der Waals surface area contributed by atoms with Gasteiger partial charge in [-0.3, -0.25) is 0 Å². The van der Waals surface area contributed by atoms with E-state index in [4.69, 9.17) is 4.98 Å². The molecule has 1 aromatic rings. The summed E-state index contributed by atoms with van der Waals surface area (Å²) in [6.45, 7) is 8.20. The zero-order valence-corrected chi connectivity index (χ0v) is 14.9. The van der Waals surface area contributed by atoms with Crippen molar-refractivity contribution in [1.82, 2.24) is 10.3 Å². The largest absolute Gasteiger partial charge is 0.315 e. The third-order valence-corrected chi connectivity index (χ3v) is 6.58. The Morgan fingerprint density at radius 3 is 2.19 bits per heavy atom. The van der Waals surface area contributed by atoms with Crippen molar-refractivity contribution in [3.8, 4) is 0 Å². The smallest absolute Gasteiger partial charge is 0.0962 e. The van der Waals surface area contributed by atoms with Gasteiger partial charge >= 0.3 is 0 Å². The van der Waals surface area contributed by atoms with E-state index in [1.54, 1.807) is 0 Å². The normalized spacial score (nSPS) is 27.0. The zero-order valence-electron chi connectivity index (χ0n) is 14.0. The lowest BCUT2D eigenvalue weighted by atomic mass is 9.70. The van der Waals surface area contributed by atoms with Crippen molar-refractivity contribution in [2.24, 2.45) is 11.3 Å². The molecule has 0 unspecified atom stereocenters. The van der Waals surface area contributed by atoms with Gasteiger partial charge in [-0.25, -0.2) is 4.98 Å². The first-order chi connectivity index (χ1) is 9.99. The summed E-state index contributed by atoms with van der Waals surface area (Å²) >= 11 is 1.99. The summed E-state index contributed by atoms with van der Waals surface area (Å²) in [6, 6.07) is 0. The van der Waals surface area contributed by atoms with Crippen molar-refractivity contribution >= 4 is 11.3 Å². The standard InChI is InChI=1S/C18H30N2S/c1-18(2,3)14-9-7-13(8-10-14)17-20-16(12-5-6-12)15(21-17)11-19-4/h12-14,19H,5-11H2,1-4H3. The fourth-order valence-electron chi connectivity index (χ4n) is 3.73. The number of thiazole rings is 1. The molecule has 0 aliphatic heterocycles. The Bertz CT molecular complexity index is 474. The molecule has 2 aliphatic rings. The van der Waals surface area contributed by atoms with Crippen molar-refractivity contribution in [1.29, 1.82) is 0 Å². The predicted molar refractivity (Wildman–Crippen MR) is 91.0 cm³/mol. The lowest BCUT2D eigenvalue weighted by Crippen LogP contribution is -2.25. The fourth-order valence-corrected chi connectivity index (χ4v) is 5.06. The maximum atomic E-state index is 5.08. The summed E-state index contributed by atoms with van der Waals surface area (Å²) in [7, 11) is 2.05. The van der Waals surface area contributed by atoms with Gasteiger partial charge in [0.25, 0.3) is 0 Å². The van der Waals surface area contributed by atoms with Crippen LogP contribution in [0.4, 0.5) is 0 Å². The monoisotopic (exact) mass is 306 g/mol. The average molecular weight is 307 g/mol. The van der Waals surface area contributed by atoms with E-state index in [1.165, 1.54) is 54.1 Å². The van der Waals surface area contributed by atoms with Gasteiger partial charge in [-0.2, -0.15) is 0 Å². The predicted octanol–water partition coefficient (Wildman–Crippen LogP) is 5.06. The topological polar surface area (TPSA) is 24.9 Å². The SMILES string of the molecule is CNCc1sc(C2CCC(C(C)(C)C)CC2)nc1C1CC1. The molecule has 2 saturated carbocycles. The van der Waals surface area contributed by atoms with Gasteiger partial charge < -0.3 is 5.32 Å². The van der Waals surface area contributed by atoms with E-state index < -0.39 is 0 Å². The molecule has 3 rings (SSSR count). The quantitative estimate of drug-likeness (QED) is 0.841. The molecule has 0 atom stereocenters. The third-order valence-electron chi connectivity index (χ3n) is 5.35. The molecule has 0 saturated heterocycles. The van der Waals surface area contributed by atoms with Crippen LogP contribution in [0.5, 0.6) is 0 Å². The highest BCUT2D eigenvalue weighted by molar-refractivity contribution is 7.11. The van der Waals surface area contributed by atoms with Crippen molar-refractivity contribution in [3.05, 3.63) is 15.6 Å². The van der Waals surface area contributed by atoms with Gasteiger partial charge in [-0.05, 0) is 56.9 Å². The first-order valence-corrected chi connectivity index (χ1v) is 9.44. The minimum atomic E-state index is 0.477. The van der Waals surface area contributed by atoms with Gasteiger partial charge in [0.1, 0.15) is 0 Å². The molecular weight excluding hydrogens is 276 g/mol. The number of hydrogen-bond donors (Lipinski definition) is 1. The molecule has 3 heteroatoms. The van der Waals surface area contributed by atoms with Gasteiger partial charge in [-0.15, -0.1) is 11.3 Å². The summed E-state index contributed by atoms with van der Waals surface area (Å²) < 4.78 is 0. The average Bonchev–Trinajstić information content (AvgIpc) is 3.20. The zero-order chi connectivity index (χ0) is 15.0. The number of nitrogens with zero attached hydrogens (tertiary/aromatic N) is 1. The van der Waals surface area contributed by atoms with Crippen LogP contribution in [0.25, 0.3) is 0 Å². The van der Waals surface area contributed by atoms with Crippen LogP contribution >= 0.6 is 11.3 Å². The van der Waals surface area contributed by atoms with E-state index >= 15 is 0 Å². The number of aromatic nitrogens is 1. The Balaban J connectivity index is 1.69. The van der Waals surface area contributed by atoms with Crippen LogP contribution in [0.15, 0.2) is 0 Å². The van der Waals surface area contributed by atoms with E-state index in [0.717, 1.165) is 24.3 Å². The van der Waals surface area contributed by atoms with E-state index in [0.29, 0.717) is 5.41 Å². The van der Waals surface area contributed by atoms with E-state index in [2.05, 4.69) is 26.1 Å². The van der Waals surface area contributed by atoms with Crippen LogP contribution in [-0.4, -0.2) is 12.0 Å². The van der Waals surface area contributed by atoms with Crippen molar-refractivity contribution in [2.45, 2.75) is 77.7 Å². The second-order valence-corrected chi connectivity index (χ2v) is 9.19. The molecule has 1 heterocycles. The second-order valence-electron chi connectivity index (χ2n) is 8.08. The number of hydrogen-bond acceptors (Lipinski definition) is 3. The maximum Gasteiger partial charge on any atom is 0.0962 e. The molecule has 1 aromatic heterocycles. The minimum absolute atomic E-state index is 0.477. The van der Waals surface area contributed by atoms with Crippen molar-refractivity contribution < 1.29 is 0 Å². The Labute approximate surface area is 133 Å². The van der Waals surface area contributed by atoms with Gasteiger partial charge in [0.15, 0.2) is 0 Å². The summed E-state index contributed by atoms with van der Waals surface area (Å²) in [6.07, 6.45) is 8.17. The summed E-state index contributed by atoms with van der Waals surface area (Å²) in [5, 5.41) is 4.76. The molecular formula is C18H30N2S. The van der Waals surface area contributed by atoms with Gasteiger partial charge in [0.05, 0.1) is 10.7 Å². The number of rotatable bonds is 4. The van der Waals surface area contributed by atoms with E-state index in [-0.39, 0.29) is 0 Å². The van der Waals surface area contributed by atoms with Crippen LogP contribution in [-0.2, 0) is 6.54 Å². The molecule has 0 spiro atoms. The molecule has 0 radical (unpaired) electrons. The van der Waals surface area contributed by atoms with Crippen LogP contribution in [0.1, 0.15) is 86.7 Å². The summed E-state index contributed by atoms with van der Waals surface area (Å²) in [4.78, 5) is 6.59. The second kappa shape index (κ2) is 6.00. The molecule has 2 aliphatic carbocycles. The highest BCUT2D eigenvalue weighted by Crippen LogP contribution is 2.47. The lowest BCUT2D eigenvalue weighted by molar-refractivity contribution is 0.169. The van der Waals surface area contributed by atoms with E-state index in [9.17, 15) is 0 Å². The van der Waals surface area contributed by atoms with Crippen LogP contribution in [0.2, 0.25) is 0 Å². The van der Waals surface area contributed by atoms with Crippen LogP contribution in [0, 0.1) is 11.3 Å². The molecule has 21 heavy (non-hydrogen) atoms.